The molecule has 3 heteroatoms. The molecule has 6 rings (SSSR count). The first-order valence-corrected chi connectivity index (χ1v) is 16.9. The van der Waals surface area contributed by atoms with Gasteiger partial charge in [-0.3, -0.25) is 9.59 Å². The van der Waals surface area contributed by atoms with E-state index in [0.29, 0.717) is 47.3 Å². The van der Waals surface area contributed by atoms with Gasteiger partial charge in [0.15, 0.2) is 0 Å². The third-order valence-corrected chi connectivity index (χ3v) is 15.1. The average molecular weight is 536 g/mol. The number of hydrogen-bond acceptors (Lipinski definition) is 2. The Morgan fingerprint density at radius 3 is 2.28 bits per heavy atom. The Kier molecular flexibility index (Phi) is 6.60. The Morgan fingerprint density at radius 2 is 1.56 bits per heavy atom. The monoisotopic (exact) mass is 535 g/mol. The molecule has 0 aromatic carbocycles. The molecule has 5 saturated carbocycles. The van der Waals surface area contributed by atoms with E-state index in [4.69, 9.17) is 0 Å². The smallest absolute Gasteiger partial charge is 0.227 e. The zero-order valence-electron chi connectivity index (χ0n) is 26.3. The second-order valence-corrected chi connectivity index (χ2v) is 16.8. The van der Waals surface area contributed by atoms with Gasteiger partial charge in [-0.15, -0.1) is 0 Å². The predicted molar refractivity (Wildman–Crippen MR) is 159 cm³/mol. The van der Waals surface area contributed by atoms with Crippen LogP contribution in [0.4, 0.5) is 0 Å². The molecular weight excluding hydrogens is 478 g/mol. The Morgan fingerprint density at radius 1 is 0.846 bits per heavy atom. The van der Waals surface area contributed by atoms with Crippen LogP contribution in [0.5, 0.6) is 0 Å². The molecule has 0 aromatic rings. The maximum absolute atomic E-state index is 14.4. The van der Waals surface area contributed by atoms with Crippen molar-refractivity contribution in [1.82, 2.24) is 5.32 Å². The van der Waals surface area contributed by atoms with Crippen LogP contribution < -0.4 is 5.32 Å². The quantitative estimate of drug-likeness (QED) is 0.360. The van der Waals surface area contributed by atoms with Gasteiger partial charge in [0.25, 0.3) is 0 Å². The minimum atomic E-state index is -0.224. The van der Waals surface area contributed by atoms with Crippen LogP contribution in [-0.2, 0) is 9.59 Å². The third kappa shape index (κ3) is 3.72. The van der Waals surface area contributed by atoms with Crippen LogP contribution in [0.2, 0.25) is 0 Å². The van der Waals surface area contributed by atoms with Gasteiger partial charge in [-0.05, 0) is 110 Å². The first kappa shape index (κ1) is 28.0. The minimum absolute atomic E-state index is 0.139. The second kappa shape index (κ2) is 9.19. The topological polar surface area (TPSA) is 46.2 Å². The van der Waals surface area contributed by atoms with E-state index in [0.717, 1.165) is 51.4 Å². The fourth-order valence-electron chi connectivity index (χ4n) is 12.3. The van der Waals surface area contributed by atoms with Crippen LogP contribution in [0.1, 0.15) is 138 Å². The van der Waals surface area contributed by atoms with Gasteiger partial charge in [-0.25, -0.2) is 0 Å². The van der Waals surface area contributed by atoms with Crippen LogP contribution in [0.3, 0.4) is 0 Å². The fourth-order valence-corrected chi connectivity index (χ4v) is 12.3. The van der Waals surface area contributed by atoms with Gasteiger partial charge < -0.3 is 5.32 Å². The summed E-state index contributed by atoms with van der Waals surface area (Å²) in [5.41, 5.74) is 1.82. The molecule has 1 amide bonds. The lowest BCUT2D eigenvalue weighted by Crippen LogP contribution is -2.65. The van der Waals surface area contributed by atoms with Crippen LogP contribution in [-0.4, -0.2) is 17.7 Å². The van der Waals surface area contributed by atoms with E-state index < -0.39 is 0 Å². The van der Waals surface area contributed by atoms with Crippen LogP contribution in [0.15, 0.2) is 11.6 Å². The number of hydrogen-bond donors (Lipinski definition) is 1. The van der Waals surface area contributed by atoms with E-state index in [-0.39, 0.29) is 27.1 Å². The van der Waals surface area contributed by atoms with Gasteiger partial charge in [-0.1, -0.05) is 79.4 Å². The van der Waals surface area contributed by atoms with Crippen molar-refractivity contribution in [1.29, 1.82) is 0 Å². The summed E-state index contributed by atoms with van der Waals surface area (Å²) in [7, 11) is 0. The first-order chi connectivity index (χ1) is 18.3. The van der Waals surface area contributed by atoms with Gasteiger partial charge >= 0.3 is 0 Å². The summed E-state index contributed by atoms with van der Waals surface area (Å²) in [6.45, 7) is 17.2. The van der Waals surface area contributed by atoms with Crippen molar-refractivity contribution >= 4 is 11.7 Å². The van der Waals surface area contributed by atoms with Gasteiger partial charge in [0, 0.05) is 17.9 Å². The summed E-state index contributed by atoms with van der Waals surface area (Å²) in [5, 5.41) is 3.65. The summed E-state index contributed by atoms with van der Waals surface area (Å²) < 4.78 is 0. The van der Waals surface area contributed by atoms with E-state index in [9.17, 15) is 9.59 Å². The number of allylic oxidation sites excluding steroid dienone is 2. The Bertz CT molecular complexity index is 1050. The predicted octanol–water partition coefficient (Wildman–Crippen LogP) is 8.66. The minimum Gasteiger partial charge on any atom is -0.353 e. The molecule has 218 valence electrons. The van der Waals surface area contributed by atoms with E-state index in [1.165, 1.54) is 38.5 Å². The average Bonchev–Trinajstić information content (AvgIpc) is 2.89. The van der Waals surface area contributed by atoms with E-state index >= 15 is 0 Å². The number of carbonyl (C=O) groups excluding carboxylic acids is 2. The number of carbonyl (C=O) groups is 2. The standard InChI is InChI=1S/C36H57NO2/c1-23-15-20-36(31(39)37-25-11-9-8-10-12-25)22-21-34(6)26(30(36)24(23)2)13-14-28-33(5)18-17-29(38)32(3,4)27(33)16-19-35(28,34)7/h13,23-25,27-28,30H,8-12,14-22H2,1-7H3,(H,37,39)/t23-,24+,27+,28-,30?,33+,34-,35-,36+/m1/s1. The molecule has 6 aliphatic carbocycles. The molecule has 1 unspecified atom stereocenters. The van der Waals surface area contributed by atoms with Crippen molar-refractivity contribution in [3.8, 4) is 0 Å². The molecule has 0 saturated heterocycles. The van der Waals surface area contributed by atoms with Crippen LogP contribution >= 0.6 is 0 Å². The molecule has 3 nitrogen and oxygen atoms in total. The molecule has 6 aliphatic rings. The van der Waals surface area contributed by atoms with Crippen molar-refractivity contribution in [2.24, 2.45) is 56.7 Å². The van der Waals surface area contributed by atoms with Crippen LogP contribution in [0, 0.1) is 56.7 Å². The lowest BCUT2D eigenvalue weighted by molar-refractivity contribution is -0.187. The zero-order chi connectivity index (χ0) is 28.0. The van der Waals surface area contributed by atoms with Crippen molar-refractivity contribution in [2.45, 2.75) is 144 Å². The van der Waals surface area contributed by atoms with Gasteiger partial charge in [-0.2, -0.15) is 0 Å². The van der Waals surface area contributed by atoms with Crippen molar-refractivity contribution in [2.75, 3.05) is 0 Å². The molecule has 0 bridgehead atoms. The molecule has 0 radical (unpaired) electrons. The highest BCUT2D eigenvalue weighted by Crippen LogP contribution is 2.75. The SMILES string of the molecule is C[C@@H]1CC[C@]2(C(=O)NC3CCCCC3)CC[C@]3(C)C(=CC[C@@H]4[C@@]5(C)CCC(=O)C(C)(C)[C@@H]5CC[C@]43C)C2[C@H]1C. The molecule has 39 heavy (non-hydrogen) atoms. The van der Waals surface area contributed by atoms with Gasteiger partial charge in [0.2, 0.25) is 5.91 Å². The largest absolute Gasteiger partial charge is 0.353 e. The molecule has 0 heterocycles. The van der Waals surface area contributed by atoms with Crippen molar-refractivity contribution in [3.63, 3.8) is 0 Å². The van der Waals surface area contributed by atoms with E-state index in [2.05, 4.69) is 59.9 Å². The Hall–Kier alpha value is -1.12. The Labute approximate surface area is 239 Å². The third-order valence-electron chi connectivity index (χ3n) is 15.1. The molecule has 9 atom stereocenters. The maximum Gasteiger partial charge on any atom is 0.227 e. The lowest BCUT2D eigenvalue weighted by Gasteiger charge is -2.71. The molecule has 1 N–H and O–H groups in total. The van der Waals surface area contributed by atoms with E-state index in [1.807, 2.05) is 0 Å². The summed E-state index contributed by atoms with van der Waals surface area (Å²) in [5.74, 6) is 3.57. The summed E-state index contributed by atoms with van der Waals surface area (Å²) in [6.07, 6.45) is 18.6. The number of ketones is 1. The first-order valence-electron chi connectivity index (χ1n) is 16.9. The second-order valence-electron chi connectivity index (χ2n) is 16.8. The number of fused-ring (bicyclic) bond motifs is 7. The van der Waals surface area contributed by atoms with E-state index in [1.54, 1.807) is 5.57 Å². The highest BCUT2D eigenvalue weighted by molar-refractivity contribution is 5.86. The van der Waals surface area contributed by atoms with Crippen molar-refractivity contribution in [3.05, 3.63) is 11.6 Å². The number of amides is 1. The summed E-state index contributed by atoms with van der Waals surface area (Å²) >= 11 is 0. The molecule has 0 aromatic heterocycles. The maximum atomic E-state index is 14.4. The van der Waals surface area contributed by atoms with Gasteiger partial charge in [0.1, 0.15) is 5.78 Å². The molecule has 0 spiro atoms. The fraction of sp³-hybridized carbons (Fsp3) is 0.889. The summed E-state index contributed by atoms with van der Waals surface area (Å²) in [4.78, 5) is 27.4. The number of nitrogens with one attached hydrogen (secondary N) is 1. The molecular formula is C36H57NO2. The molecule has 5 fully saturated rings. The summed E-state index contributed by atoms with van der Waals surface area (Å²) in [6, 6.07) is 0.388. The van der Waals surface area contributed by atoms with Crippen molar-refractivity contribution < 1.29 is 9.59 Å². The zero-order valence-corrected chi connectivity index (χ0v) is 26.3. The van der Waals surface area contributed by atoms with Crippen LogP contribution in [0.25, 0.3) is 0 Å². The Balaban J connectivity index is 1.39. The highest BCUT2D eigenvalue weighted by atomic mass is 16.2. The lowest BCUT2D eigenvalue weighted by atomic mass is 9.33. The highest BCUT2D eigenvalue weighted by Gasteiger charge is 2.69. The normalized spacial score (nSPS) is 49.6. The number of Topliss-reactive ketones (excluding diaryl/α,β-unsaturated/α-hetero) is 1. The number of rotatable bonds is 2. The molecule has 0 aliphatic heterocycles. The van der Waals surface area contributed by atoms with Gasteiger partial charge in [0.05, 0.1) is 5.41 Å².